The Kier molecular flexibility index (Phi) is 5.61. The highest BCUT2D eigenvalue weighted by Gasteiger charge is 2.63. The molecule has 3 nitrogen and oxygen atoms in total. The van der Waals surface area contributed by atoms with Crippen LogP contribution in [-0.2, 0) is 21.7 Å². The number of nitrogens with zero attached hydrogens (tertiary/aromatic N) is 2. The van der Waals surface area contributed by atoms with E-state index in [0.717, 1.165) is 11.5 Å². The fraction of sp³-hybridized carbons (Fsp3) is 0.458. The van der Waals surface area contributed by atoms with Gasteiger partial charge in [-0.2, -0.15) is 0 Å². The Balaban J connectivity index is 1.35. The lowest BCUT2D eigenvalue weighted by atomic mass is 9.31. The summed E-state index contributed by atoms with van der Waals surface area (Å²) in [4.78, 5) is 5.42. The van der Waals surface area contributed by atoms with Gasteiger partial charge in [-0.3, -0.25) is 4.90 Å². The lowest BCUT2D eigenvalue weighted by molar-refractivity contribution is 0.194. The van der Waals surface area contributed by atoms with Gasteiger partial charge in [0.1, 0.15) is 5.58 Å². The highest BCUT2D eigenvalue weighted by atomic mass is 16.4. The van der Waals surface area contributed by atoms with Crippen LogP contribution in [0.25, 0.3) is 22.1 Å². The summed E-state index contributed by atoms with van der Waals surface area (Å²) in [6.07, 6.45) is 7.42. The summed E-state index contributed by atoms with van der Waals surface area (Å²) in [6.45, 7) is 27.0. The predicted molar refractivity (Wildman–Crippen MR) is 221 cm³/mol. The average molecular weight is 685 g/mol. The van der Waals surface area contributed by atoms with Gasteiger partial charge in [0.2, 0.25) is 5.88 Å². The van der Waals surface area contributed by atoms with Crippen molar-refractivity contribution in [1.82, 2.24) is 0 Å². The number of benzene rings is 4. The molecule has 264 valence electrons. The van der Waals surface area contributed by atoms with Gasteiger partial charge in [0.05, 0.1) is 5.54 Å². The Morgan fingerprint density at radius 1 is 0.731 bits per heavy atom. The van der Waals surface area contributed by atoms with Gasteiger partial charge in [-0.1, -0.05) is 86.4 Å². The fourth-order valence-corrected chi connectivity index (χ4v) is 12.6. The molecule has 1 saturated carbocycles. The van der Waals surface area contributed by atoms with Crippen molar-refractivity contribution in [2.45, 2.75) is 142 Å². The van der Waals surface area contributed by atoms with Crippen LogP contribution in [0.2, 0.25) is 0 Å². The highest BCUT2D eigenvalue weighted by molar-refractivity contribution is 7.03. The second-order valence-corrected chi connectivity index (χ2v) is 20.4. The third-order valence-corrected chi connectivity index (χ3v) is 15.5. The standard InChI is InChI=1S/C48H53BN2O/c1-26-22-32-40-33(23-26)51-42-37(47(10)18-12-13-19-48(47,51)11)27(2)24-30-35-36-34(25-31-38(35)46(8,9)21-20-45(31,6)7)52-43(41(36)49(40)39(30)42)50(32)29-16-14-28(15-17-29)44(3,4)5/h14-17,22-25H,12-13,18-21H2,1-11H3. The lowest BCUT2D eigenvalue weighted by Crippen LogP contribution is -2.65. The maximum absolute atomic E-state index is 7.41. The van der Waals surface area contributed by atoms with E-state index in [4.69, 9.17) is 4.42 Å². The molecule has 1 aromatic heterocycles. The molecule has 0 bridgehead atoms. The molecule has 4 heteroatoms. The van der Waals surface area contributed by atoms with Crippen molar-refractivity contribution in [3.63, 3.8) is 0 Å². The Hall–Kier alpha value is -3.92. The number of hydrogen-bond acceptors (Lipinski definition) is 3. The van der Waals surface area contributed by atoms with Crippen LogP contribution in [-0.4, -0.2) is 12.3 Å². The monoisotopic (exact) mass is 684 g/mol. The summed E-state index contributed by atoms with van der Waals surface area (Å²) in [5.41, 5.74) is 23.0. The normalized spacial score (nSPS) is 25.1. The van der Waals surface area contributed by atoms with Crippen molar-refractivity contribution in [2.24, 2.45) is 0 Å². The minimum Gasteiger partial charge on any atom is -0.440 e. The van der Waals surface area contributed by atoms with E-state index in [0.29, 0.717) is 0 Å². The van der Waals surface area contributed by atoms with Crippen LogP contribution in [0.1, 0.15) is 134 Å². The zero-order valence-electron chi connectivity index (χ0n) is 33.2. The molecule has 2 unspecified atom stereocenters. The third kappa shape index (κ3) is 3.44. The van der Waals surface area contributed by atoms with Crippen molar-refractivity contribution < 1.29 is 4.42 Å². The molecule has 0 radical (unpaired) electrons. The Morgan fingerprint density at radius 2 is 1.42 bits per heavy atom. The number of rotatable bonds is 1. The summed E-state index contributed by atoms with van der Waals surface area (Å²) in [6, 6.07) is 19.5. The first kappa shape index (κ1) is 31.6. The number of aryl methyl sites for hydroxylation is 2. The van der Waals surface area contributed by atoms with Gasteiger partial charge in [-0.25, -0.2) is 0 Å². The minimum absolute atomic E-state index is 0.00281. The predicted octanol–water partition coefficient (Wildman–Crippen LogP) is 11.0. The summed E-state index contributed by atoms with van der Waals surface area (Å²) in [5, 5.41) is 1.37. The first-order valence-electron chi connectivity index (χ1n) is 20.2. The van der Waals surface area contributed by atoms with Crippen LogP contribution >= 0.6 is 0 Å². The van der Waals surface area contributed by atoms with Gasteiger partial charge in [0.25, 0.3) is 6.71 Å². The quantitative estimate of drug-likeness (QED) is 0.161. The molecular weight excluding hydrogens is 631 g/mol. The molecular formula is C48H53BN2O. The van der Waals surface area contributed by atoms with E-state index in [-0.39, 0.29) is 33.9 Å². The molecule has 0 spiro atoms. The Bertz CT molecular complexity index is 2470. The summed E-state index contributed by atoms with van der Waals surface area (Å²) in [5.74, 6) is 1.02. The van der Waals surface area contributed by atoms with Crippen molar-refractivity contribution in [3.05, 3.63) is 81.9 Å². The lowest BCUT2D eigenvalue weighted by Gasteiger charge is -2.53. The zero-order valence-corrected chi connectivity index (χ0v) is 33.2. The van der Waals surface area contributed by atoms with Crippen LogP contribution in [0, 0.1) is 13.8 Å². The highest BCUT2D eigenvalue weighted by Crippen LogP contribution is 2.65. The molecule has 6 aliphatic rings. The molecule has 4 aromatic carbocycles. The number of furan rings is 1. The zero-order chi connectivity index (χ0) is 36.2. The van der Waals surface area contributed by atoms with E-state index in [1.54, 1.807) is 16.6 Å². The van der Waals surface area contributed by atoms with Gasteiger partial charge in [0.15, 0.2) is 0 Å². The van der Waals surface area contributed by atoms with Gasteiger partial charge >= 0.3 is 0 Å². The van der Waals surface area contributed by atoms with E-state index >= 15 is 0 Å². The van der Waals surface area contributed by atoms with Gasteiger partial charge < -0.3 is 9.32 Å². The van der Waals surface area contributed by atoms with Crippen LogP contribution in [0.3, 0.4) is 0 Å². The minimum atomic E-state index is 0.00281. The molecule has 1 fully saturated rings. The summed E-state index contributed by atoms with van der Waals surface area (Å²) < 4.78 is 7.41. The number of fused-ring (bicyclic) bond motifs is 7. The molecule has 0 amide bonds. The van der Waals surface area contributed by atoms with Crippen LogP contribution in [0.15, 0.2) is 52.9 Å². The second-order valence-electron chi connectivity index (χ2n) is 20.4. The molecule has 11 rings (SSSR count). The van der Waals surface area contributed by atoms with Crippen LogP contribution < -0.4 is 26.2 Å². The van der Waals surface area contributed by atoms with E-state index in [9.17, 15) is 0 Å². The fourth-order valence-electron chi connectivity index (χ4n) is 12.6. The van der Waals surface area contributed by atoms with Gasteiger partial charge in [-0.15, -0.1) is 0 Å². The maximum atomic E-state index is 7.41. The summed E-state index contributed by atoms with van der Waals surface area (Å²) >= 11 is 0. The second kappa shape index (κ2) is 9.23. The van der Waals surface area contributed by atoms with Gasteiger partial charge in [0, 0.05) is 39.0 Å². The molecule has 2 atom stereocenters. The molecule has 5 aromatic rings. The average Bonchev–Trinajstić information content (AvgIpc) is 3.55. The van der Waals surface area contributed by atoms with Crippen LogP contribution in [0.5, 0.6) is 0 Å². The molecule has 4 aliphatic heterocycles. The molecule has 0 N–H and O–H groups in total. The first-order valence-corrected chi connectivity index (χ1v) is 20.2. The molecule has 2 aliphatic carbocycles. The van der Waals surface area contributed by atoms with Crippen molar-refractivity contribution in [2.75, 3.05) is 9.80 Å². The van der Waals surface area contributed by atoms with Crippen molar-refractivity contribution in [3.8, 4) is 11.1 Å². The topological polar surface area (TPSA) is 19.6 Å². The summed E-state index contributed by atoms with van der Waals surface area (Å²) in [7, 11) is 0. The van der Waals surface area contributed by atoms with Crippen molar-refractivity contribution >= 4 is 62.7 Å². The third-order valence-electron chi connectivity index (χ3n) is 15.5. The van der Waals surface area contributed by atoms with E-state index < -0.39 is 0 Å². The van der Waals surface area contributed by atoms with Gasteiger partial charge in [-0.05, 0) is 148 Å². The number of anilines is 5. The molecule has 52 heavy (non-hydrogen) atoms. The smallest absolute Gasteiger partial charge is 0.258 e. The SMILES string of the molecule is Cc1cc2c3c(c1)N1c4c5c(cc(C)c4C4(C)CCCCC14C)-c1c4c(cc6oc(c(c16)B35)N2c1ccc(C(C)(C)C)cc1)C(C)(C)CCC4(C)C. The van der Waals surface area contributed by atoms with Crippen LogP contribution in [0.4, 0.5) is 28.6 Å². The Morgan fingerprint density at radius 3 is 2.15 bits per heavy atom. The first-order chi connectivity index (χ1) is 24.5. The Labute approximate surface area is 310 Å². The van der Waals surface area contributed by atoms with Crippen molar-refractivity contribution in [1.29, 1.82) is 0 Å². The molecule has 5 heterocycles. The van der Waals surface area contributed by atoms with E-state index in [2.05, 4.69) is 134 Å². The van der Waals surface area contributed by atoms with E-state index in [1.807, 2.05) is 0 Å². The maximum Gasteiger partial charge on any atom is 0.258 e. The number of hydrogen-bond donors (Lipinski definition) is 0. The van der Waals surface area contributed by atoms with E-state index in [1.165, 1.54) is 111 Å². The largest absolute Gasteiger partial charge is 0.440 e. The molecule has 0 saturated heterocycles.